The van der Waals surface area contributed by atoms with Crippen LogP contribution in [0.2, 0.25) is 0 Å². The summed E-state index contributed by atoms with van der Waals surface area (Å²) in [5.74, 6) is 1.25. The van der Waals surface area contributed by atoms with Gasteiger partial charge in [0.1, 0.15) is 0 Å². The molecule has 1 aliphatic carbocycles. The van der Waals surface area contributed by atoms with E-state index in [9.17, 15) is 5.11 Å². The van der Waals surface area contributed by atoms with E-state index >= 15 is 0 Å². The van der Waals surface area contributed by atoms with Crippen molar-refractivity contribution in [3.63, 3.8) is 0 Å². The van der Waals surface area contributed by atoms with Crippen LogP contribution in [0.5, 0.6) is 0 Å². The molecular formula is C14H26N2O. The molecule has 0 aromatic rings. The molecule has 3 heteroatoms. The molecule has 2 N–H and O–H groups in total. The summed E-state index contributed by atoms with van der Waals surface area (Å²) in [6.07, 6.45) is 6.31. The summed E-state index contributed by atoms with van der Waals surface area (Å²) in [6, 6.07) is 0. The molecule has 3 nitrogen and oxygen atoms in total. The topological polar surface area (TPSA) is 35.5 Å². The second kappa shape index (κ2) is 4.52. The van der Waals surface area contributed by atoms with E-state index in [1.54, 1.807) is 0 Å². The fourth-order valence-electron chi connectivity index (χ4n) is 4.14. The maximum atomic E-state index is 10.7. The number of hydrogen-bond acceptors (Lipinski definition) is 3. The molecule has 1 spiro atoms. The predicted octanol–water partition coefficient (Wildman–Crippen LogP) is 1.08. The highest BCUT2D eigenvalue weighted by atomic mass is 16.3. The Labute approximate surface area is 105 Å². The molecule has 0 amide bonds. The van der Waals surface area contributed by atoms with Gasteiger partial charge in [-0.05, 0) is 51.7 Å². The average molecular weight is 238 g/mol. The molecule has 2 aliphatic heterocycles. The molecule has 3 aliphatic rings. The smallest absolute Gasteiger partial charge is 0.0651 e. The number of hydrogen-bond donors (Lipinski definition) is 2. The standard InChI is InChI=1S/C14H26N2O/c1-16-7-3-11(4-8-16)12-9-15-10-14(13(12)17)5-2-6-14/h11-13,15,17H,2-10H2,1H3. The van der Waals surface area contributed by atoms with E-state index < -0.39 is 0 Å². The Morgan fingerprint density at radius 3 is 2.53 bits per heavy atom. The highest BCUT2D eigenvalue weighted by Crippen LogP contribution is 2.49. The number of aliphatic hydroxyl groups excluding tert-OH is 1. The van der Waals surface area contributed by atoms with Crippen molar-refractivity contribution >= 4 is 0 Å². The molecule has 98 valence electrons. The first-order valence-corrected chi connectivity index (χ1v) is 7.29. The van der Waals surface area contributed by atoms with Crippen LogP contribution in [-0.4, -0.2) is 49.3 Å². The van der Waals surface area contributed by atoms with E-state index in [1.807, 2.05) is 0 Å². The average Bonchev–Trinajstić information content (AvgIpc) is 2.29. The van der Waals surface area contributed by atoms with E-state index in [0.29, 0.717) is 5.92 Å². The lowest BCUT2D eigenvalue weighted by Crippen LogP contribution is -2.60. The minimum absolute atomic E-state index is 0.0362. The summed E-state index contributed by atoms with van der Waals surface area (Å²) in [4.78, 5) is 2.41. The van der Waals surface area contributed by atoms with Gasteiger partial charge in [0.2, 0.25) is 0 Å². The van der Waals surface area contributed by atoms with Gasteiger partial charge in [-0.25, -0.2) is 0 Å². The van der Waals surface area contributed by atoms with Gasteiger partial charge in [0.25, 0.3) is 0 Å². The van der Waals surface area contributed by atoms with Crippen molar-refractivity contribution in [1.29, 1.82) is 0 Å². The SMILES string of the molecule is CN1CCC(C2CNCC3(CCC3)C2O)CC1. The van der Waals surface area contributed by atoms with E-state index in [4.69, 9.17) is 0 Å². The lowest BCUT2D eigenvalue weighted by Gasteiger charge is -2.54. The van der Waals surface area contributed by atoms with Crippen molar-refractivity contribution in [2.45, 2.75) is 38.2 Å². The number of nitrogens with one attached hydrogen (secondary N) is 1. The molecule has 0 aromatic heterocycles. The monoisotopic (exact) mass is 238 g/mol. The molecule has 0 aromatic carbocycles. The fourth-order valence-corrected chi connectivity index (χ4v) is 4.14. The number of piperidine rings is 2. The van der Waals surface area contributed by atoms with Crippen molar-refractivity contribution in [2.24, 2.45) is 17.3 Å². The quantitative estimate of drug-likeness (QED) is 0.717. The number of aliphatic hydroxyl groups is 1. The van der Waals surface area contributed by atoms with E-state index in [-0.39, 0.29) is 11.5 Å². The van der Waals surface area contributed by atoms with Crippen LogP contribution in [0.3, 0.4) is 0 Å². The summed E-state index contributed by atoms with van der Waals surface area (Å²) in [6.45, 7) is 4.51. The summed E-state index contributed by atoms with van der Waals surface area (Å²) < 4.78 is 0. The molecule has 0 radical (unpaired) electrons. The second-order valence-corrected chi connectivity index (χ2v) is 6.60. The van der Waals surface area contributed by atoms with Gasteiger partial charge in [0, 0.05) is 24.4 Å². The van der Waals surface area contributed by atoms with E-state index in [2.05, 4.69) is 17.3 Å². The molecule has 3 rings (SSSR count). The van der Waals surface area contributed by atoms with E-state index in [0.717, 1.165) is 19.0 Å². The third kappa shape index (κ3) is 2.02. The fraction of sp³-hybridized carbons (Fsp3) is 1.00. The number of nitrogens with zero attached hydrogens (tertiary/aromatic N) is 1. The lowest BCUT2D eigenvalue weighted by atomic mass is 9.58. The zero-order valence-electron chi connectivity index (χ0n) is 11.0. The summed E-state index contributed by atoms with van der Waals surface area (Å²) in [5.41, 5.74) is 0.256. The van der Waals surface area contributed by atoms with Gasteiger partial charge in [-0.15, -0.1) is 0 Å². The van der Waals surface area contributed by atoms with Gasteiger partial charge in [-0.2, -0.15) is 0 Å². The third-order valence-electron chi connectivity index (χ3n) is 5.61. The molecule has 3 fully saturated rings. The first-order chi connectivity index (χ1) is 8.21. The van der Waals surface area contributed by atoms with Gasteiger partial charge in [-0.3, -0.25) is 0 Å². The Kier molecular flexibility index (Phi) is 3.18. The first kappa shape index (κ1) is 11.9. The Bertz CT molecular complexity index is 269. The maximum Gasteiger partial charge on any atom is 0.0651 e. The molecule has 2 heterocycles. The van der Waals surface area contributed by atoms with Crippen LogP contribution in [0.1, 0.15) is 32.1 Å². The highest BCUT2D eigenvalue weighted by molar-refractivity contribution is 5.03. The zero-order valence-corrected chi connectivity index (χ0v) is 11.0. The van der Waals surface area contributed by atoms with Crippen LogP contribution >= 0.6 is 0 Å². The van der Waals surface area contributed by atoms with Gasteiger partial charge in [0.05, 0.1) is 6.10 Å². The van der Waals surface area contributed by atoms with Crippen LogP contribution in [0, 0.1) is 17.3 Å². The zero-order chi connectivity index (χ0) is 11.9. The highest BCUT2D eigenvalue weighted by Gasteiger charge is 2.50. The summed E-state index contributed by atoms with van der Waals surface area (Å²) >= 11 is 0. The van der Waals surface area contributed by atoms with Crippen LogP contribution in [0.25, 0.3) is 0 Å². The molecule has 2 atom stereocenters. The Morgan fingerprint density at radius 2 is 1.94 bits per heavy atom. The molecule has 17 heavy (non-hydrogen) atoms. The second-order valence-electron chi connectivity index (χ2n) is 6.60. The van der Waals surface area contributed by atoms with Crippen molar-refractivity contribution in [2.75, 3.05) is 33.2 Å². The molecular weight excluding hydrogens is 212 g/mol. The molecule has 2 unspecified atom stereocenters. The number of likely N-dealkylation sites (tertiary alicyclic amines) is 1. The minimum atomic E-state index is -0.0362. The van der Waals surface area contributed by atoms with Gasteiger partial charge in [0.15, 0.2) is 0 Å². The predicted molar refractivity (Wildman–Crippen MR) is 68.9 cm³/mol. The maximum absolute atomic E-state index is 10.7. The largest absolute Gasteiger partial charge is 0.392 e. The minimum Gasteiger partial charge on any atom is -0.392 e. The van der Waals surface area contributed by atoms with Crippen LogP contribution in [0.4, 0.5) is 0 Å². The lowest BCUT2D eigenvalue weighted by molar-refractivity contribution is -0.106. The van der Waals surface area contributed by atoms with Gasteiger partial charge in [-0.1, -0.05) is 6.42 Å². The van der Waals surface area contributed by atoms with Crippen LogP contribution in [-0.2, 0) is 0 Å². The van der Waals surface area contributed by atoms with Gasteiger partial charge >= 0.3 is 0 Å². The van der Waals surface area contributed by atoms with Crippen LogP contribution < -0.4 is 5.32 Å². The van der Waals surface area contributed by atoms with Crippen molar-refractivity contribution < 1.29 is 5.11 Å². The Morgan fingerprint density at radius 1 is 1.24 bits per heavy atom. The molecule has 2 saturated heterocycles. The summed E-state index contributed by atoms with van der Waals surface area (Å²) in [5, 5.41) is 14.3. The Hall–Kier alpha value is -0.120. The Balaban J connectivity index is 1.66. The van der Waals surface area contributed by atoms with Crippen molar-refractivity contribution in [1.82, 2.24) is 10.2 Å². The molecule has 1 saturated carbocycles. The molecule has 0 bridgehead atoms. The number of rotatable bonds is 1. The van der Waals surface area contributed by atoms with E-state index in [1.165, 1.54) is 45.2 Å². The summed E-state index contributed by atoms with van der Waals surface area (Å²) in [7, 11) is 2.21. The van der Waals surface area contributed by atoms with Crippen molar-refractivity contribution in [3.8, 4) is 0 Å². The first-order valence-electron chi connectivity index (χ1n) is 7.29. The third-order valence-corrected chi connectivity index (χ3v) is 5.61. The van der Waals surface area contributed by atoms with Gasteiger partial charge < -0.3 is 15.3 Å². The van der Waals surface area contributed by atoms with Crippen LogP contribution in [0.15, 0.2) is 0 Å². The van der Waals surface area contributed by atoms with Crippen molar-refractivity contribution in [3.05, 3.63) is 0 Å². The normalized spacial score (nSPS) is 39.2.